The first kappa shape index (κ1) is 15.5. The van der Waals surface area contributed by atoms with Crippen molar-refractivity contribution in [2.75, 3.05) is 7.11 Å². The maximum atomic E-state index is 13.3. The van der Waals surface area contributed by atoms with E-state index >= 15 is 0 Å². The summed E-state index contributed by atoms with van der Waals surface area (Å²) >= 11 is 0.967. The van der Waals surface area contributed by atoms with E-state index in [2.05, 4.69) is 4.98 Å². The van der Waals surface area contributed by atoms with E-state index in [1.807, 2.05) is 0 Å². The number of nitrogens with zero attached hydrogens (tertiary/aromatic N) is 1. The van der Waals surface area contributed by atoms with Crippen molar-refractivity contribution in [1.29, 1.82) is 0 Å². The van der Waals surface area contributed by atoms with Crippen molar-refractivity contribution < 1.29 is 22.3 Å². The standard InChI is InChI=1S/C15H10F3NO3S/c1-7-6-23-14(19-7)11-12(20)9-4-3-8(21-2)5-10(9)22-13(11)15(16,17)18/h3-6H,1-2H3. The Bertz CT molecular complexity index is 943. The zero-order valence-electron chi connectivity index (χ0n) is 12.0. The Morgan fingerprint density at radius 1 is 1.30 bits per heavy atom. The van der Waals surface area contributed by atoms with Gasteiger partial charge in [-0.1, -0.05) is 0 Å². The third-order valence-corrected chi connectivity index (χ3v) is 4.17. The van der Waals surface area contributed by atoms with Gasteiger partial charge < -0.3 is 9.15 Å². The normalized spacial score (nSPS) is 11.9. The summed E-state index contributed by atoms with van der Waals surface area (Å²) in [5.41, 5.74) is -0.977. The van der Waals surface area contributed by atoms with Gasteiger partial charge in [0.1, 0.15) is 21.9 Å². The maximum Gasteiger partial charge on any atom is 0.450 e. The summed E-state index contributed by atoms with van der Waals surface area (Å²) in [6.45, 7) is 1.64. The van der Waals surface area contributed by atoms with Gasteiger partial charge in [-0.25, -0.2) is 4.98 Å². The van der Waals surface area contributed by atoms with Crippen LogP contribution in [0.5, 0.6) is 5.75 Å². The summed E-state index contributed by atoms with van der Waals surface area (Å²) in [5, 5.41) is 1.61. The molecular weight excluding hydrogens is 331 g/mol. The monoisotopic (exact) mass is 341 g/mol. The molecule has 0 saturated heterocycles. The number of benzene rings is 1. The Morgan fingerprint density at radius 2 is 2.04 bits per heavy atom. The van der Waals surface area contributed by atoms with Crippen LogP contribution in [0.3, 0.4) is 0 Å². The minimum atomic E-state index is -4.81. The average molecular weight is 341 g/mol. The Morgan fingerprint density at radius 3 is 2.61 bits per heavy atom. The molecule has 23 heavy (non-hydrogen) atoms. The fourth-order valence-electron chi connectivity index (χ4n) is 2.16. The molecule has 0 amide bonds. The Hall–Kier alpha value is -2.35. The van der Waals surface area contributed by atoms with E-state index < -0.39 is 22.9 Å². The van der Waals surface area contributed by atoms with Crippen LogP contribution in [-0.2, 0) is 6.18 Å². The number of halogens is 3. The van der Waals surface area contributed by atoms with Crippen molar-refractivity contribution >= 4 is 22.3 Å². The van der Waals surface area contributed by atoms with E-state index in [1.54, 1.807) is 12.3 Å². The van der Waals surface area contributed by atoms with Crippen LogP contribution in [0, 0.1) is 6.92 Å². The highest BCUT2D eigenvalue weighted by atomic mass is 32.1. The topological polar surface area (TPSA) is 52.3 Å². The highest BCUT2D eigenvalue weighted by Gasteiger charge is 2.40. The van der Waals surface area contributed by atoms with Gasteiger partial charge in [0.25, 0.3) is 0 Å². The number of hydrogen-bond donors (Lipinski definition) is 0. The number of hydrogen-bond acceptors (Lipinski definition) is 5. The maximum absolute atomic E-state index is 13.3. The highest BCUT2D eigenvalue weighted by molar-refractivity contribution is 7.13. The first-order chi connectivity index (χ1) is 10.8. The molecule has 2 aromatic heterocycles. The van der Waals surface area contributed by atoms with Crippen LogP contribution in [0.2, 0.25) is 0 Å². The van der Waals surface area contributed by atoms with Gasteiger partial charge in [0, 0.05) is 17.1 Å². The van der Waals surface area contributed by atoms with Gasteiger partial charge >= 0.3 is 6.18 Å². The molecule has 0 radical (unpaired) electrons. The lowest BCUT2D eigenvalue weighted by atomic mass is 10.1. The third kappa shape index (κ3) is 2.70. The van der Waals surface area contributed by atoms with E-state index in [4.69, 9.17) is 9.15 Å². The first-order valence-corrected chi connectivity index (χ1v) is 7.34. The van der Waals surface area contributed by atoms with Crippen molar-refractivity contribution in [2.24, 2.45) is 0 Å². The van der Waals surface area contributed by atoms with E-state index in [1.165, 1.54) is 25.3 Å². The molecule has 3 aromatic rings. The van der Waals surface area contributed by atoms with Crippen LogP contribution in [0.25, 0.3) is 21.5 Å². The SMILES string of the molecule is COc1ccc2c(=O)c(-c3nc(C)cs3)c(C(F)(F)F)oc2c1. The van der Waals surface area contributed by atoms with Crippen LogP contribution >= 0.6 is 11.3 Å². The molecule has 120 valence electrons. The molecule has 0 saturated carbocycles. The molecule has 0 aliphatic rings. The molecule has 0 spiro atoms. The predicted molar refractivity (Wildman–Crippen MR) is 79.9 cm³/mol. The predicted octanol–water partition coefficient (Wildman–Crippen LogP) is 4.25. The molecule has 0 aliphatic heterocycles. The smallest absolute Gasteiger partial charge is 0.450 e. The summed E-state index contributed by atoms with van der Waals surface area (Å²) in [7, 11) is 1.37. The molecule has 0 aliphatic carbocycles. The van der Waals surface area contributed by atoms with E-state index in [0.717, 1.165) is 11.3 Å². The summed E-state index contributed by atoms with van der Waals surface area (Å²) in [6, 6.07) is 4.12. The van der Waals surface area contributed by atoms with Crippen molar-refractivity contribution in [1.82, 2.24) is 4.98 Å². The molecule has 2 heterocycles. The van der Waals surface area contributed by atoms with Gasteiger partial charge in [-0.2, -0.15) is 13.2 Å². The second kappa shape index (κ2) is 5.38. The van der Waals surface area contributed by atoms with Gasteiger partial charge in [0.05, 0.1) is 12.5 Å². The molecule has 3 rings (SSSR count). The second-order valence-corrected chi connectivity index (χ2v) is 5.65. The molecule has 4 nitrogen and oxygen atoms in total. The summed E-state index contributed by atoms with van der Waals surface area (Å²) < 4.78 is 50.0. The molecule has 0 N–H and O–H groups in total. The molecular formula is C15H10F3NO3S. The number of thiazole rings is 1. The lowest BCUT2D eigenvalue weighted by Gasteiger charge is -2.11. The fourth-order valence-corrected chi connectivity index (χ4v) is 3.00. The van der Waals surface area contributed by atoms with E-state index in [-0.39, 0.29) is 16.0 Å². The van der Waals surface area contributed by atoms with Gasteiger partial charge in [-0.05, 0) is 19.1 Å². The third-order valence-electron chi connectivity index (χ3n) is 3.19. The number of alkyl halides is 3. The molecule has 8 heteroatoms. The van der Waals surface area contributed by atoms with Crippen LogP contribution in [0.4, 0.5) is 13.2 Å². The van der Waals surface area contributed by atoms with Crippen LogP contribution in [-0.4, -0.2) is 12.1 Å². The molecule has 0 atom stereocenters. The van der Waals surface area contributed by atoms with Crippen LogP contribution < -0.4 is 10.2 Å². The van der Waals surface area contributed by atoms with Gasteiger partial charge in [0.2, 0.25) is 11.2 Å². The quantitative estimate of drug-likeness (QED) is 0.699. The minimum absolute atomic E-state index is 0.0127. The van der Waals surface area contributed by atoms with Crippen molar-refractivity contribution in [2.45, 2.75) is 13.1 Å². The van der Waals surface area contributed by atoms with E-state index in [9.17, 15) is 18.0 Å². The summed E-state index contributed by atoms with van der Waals surface area (Å²) in [5.74, 6) is -1.05. The zero-order valence-corrected chi connectivity index (χ0v) is 12.8. The lowest BCUT2D eigenvalue weighted by Crippen LogP contribution is -2.16. The number of aryl methyl sites for hydroxylation is 1. The molecule has 0 unspecified atom stereocenters. The molecule has 0 bridgehead atoms. The molecule has 1 aromatic carbocycles. The number of ether oxygens (including phenoxy) is 1. The van der Waals surface area contributed by atoms with Crippen molar-refractivity contribution in [3.05, 3.63) is 45.3 Å². The van der Waals surface area contributed by atoms with Crippen molar-refractivity contribution in [3.8, 4) is 16.3 Å². The number of rotatable bonds is 2. The number of fused-ring (bicyclic) bond motifs is 1. The van der Waals surface area contributed by atoms with Gasteiger partial charge in [0.15, 0.2) is 0 Å². The Labute approximate surface area is 132 Å². The fraction of sp³-hybridized carbons (Fsp3) is 0.200. The van der Waals surface area contributed by atoms with Crippen LogP contribution in [0.1, 0.15) is 11.5 Å². The summed E-state index contributed by atoms with van der Waals surface area (Å²) in [6.07, 6.45) is -4.81. The Balaban J connectivity index is 2.42. The highest BCUT2D eigenvalue weighted by Crippen LogP contribution is 2.38. The van der Waals surface area contributed by atoms with Gasteiger partial charge in [-0.15, -0.1) is 11.3 Å². The average Bonchev–Trinajstić information content (AvgIpc) is 2.91. The first-order valence-electron chi connectivity index (χ1n) is 6.46. The summed E-state index contributed by atoms with van der Waals surface area (Å²) in [4.78, 5) is 16.6. The largest absolute Gasteiger partial charge is 0.497 e. The minimum Gasteiger partial charge on any atom is -0.497 e. The van der Waals surface area contributed by atoms with Crippen LogP contribution in [0.15, 0.2) is 32.8 Å². The molecule has 0 fully saturated rings. The zero-order chi connectivity index (χ0) is 16.8. The second-order valence-electron chi connectivity index (χ2n) is 4.79. The Kier molecular flexibility index (Phi) is 3.63. The number of methoxy groups -OCH3 is 1. The lowest BCUT2D eigenvalue weighted by molar-refractivity contribution is -0.152. The van der Waals surface area contributed by atoms with Crippen molar-refractivity contribution in [3.63, 3.8) is 0 Å². The number of aromatic nitrogens is 1. The van der Waals surface area contributed by atoms with E-state index in [0.29, 0.717) is 11.4 Å². The van der Waals surface area contributed by atoms with Gasteiger partial charge in [-0.3, -0.25) is 4.79 Å².